The van der Waals surface area contributed by atoms with Crippen molar-refractivity contribution in [1.82, 2.24) is 0 Å². The predicted molar refractivity (Wildman–Crippen MR) is 42.2 cm³/mol. The summed E-state index contributed by atoms with van der Waals surface area (Å²) in [6, 6.07) is -0.116. The monoisotopic (exact) mass is 157 g/mol. The van der Waals surface area contributed by atoms with Crippen LogP contribution in [0.1, 0.15) is 32.1 Å². The third-order valence-corrected chi connectivity index (χ3v) is 2.39. The van der Waals surface area contributed by atoms with E-state index in [-0.39, 0.29) is 12.0 Å². The molecule has 0 spiro atoms. The van der Waals surface area contributed by atoms with Crippen molar-refractivity contribution >= 4 is 5.97 Å². The number of carboxylic acid groups (broad SMARTS) is 1. The number of nitrogens with two attached hydrogens (primary N) is 1. The van der Waals surface area contributed by atoms with Crippen molar-refractivity contribution in [3.63, 3.8) is 0 Å². The van der Waals surface area contributed by atoms with Gasteiger partial charge < -0.3 is 10.8 Å². The molecule has 0 radical (unpaired) electrons. The Kier molecular flexibility index (Phi) is 2.88. The minimum atomic E-state index is -0.723. The first-order chi connectivity index (χ1) is 5.22. The Morgan fingerprint density at radius 2 is 1.91 bits per heavy atom. The van der Waals surface area contributed by atoms with Gasteiger partial charge >= 0.3 is 5.97 Å². The molecule has 0 unspecified atom stereocenters. The van der Waals surface area contributed by atoms with Crippen LogP contribution in [-0.4, -0.2) is 17.1 Å². The largest absolute Gasteiger partial charge is 0.481 e. The molecule has 1 aliphatic carbocycles. The molecule has 0 saturated heterocycles. The standard InChI is InChI=1S/C8H15NO2/c9-7-5-3-1-2-4-6(7)8(10)11/h6-7H,1-5,9H2,(H,10,11)/t6-,7+/m0/s1. The second-order valence-corrected chi connectivity index (χ2v) is 3.25. The van der Waals surface area contributed by atoms with Crippen molar-refractivity contribution in [3.8, 4) is 0 Å². The zero-order valence-electron chi connectivity index (χ0n) is 6.62. The summed E-state index contributed by atoms with van der Waals surface area (Å²) in [5.74, 6) is -1.02. The van der Waals surface area contributed by atoms with Crippen LogP contribution in [0.25, 0.3) is 0 Å². The fourth-order valence-corrected chi connectivity index (χ4v) is 1.64. The minimum absolute atomic E-state index is 0.116. The molecule has 3 N–H and O–H groups in total. The lowest BCUT2D eigenvalue weighted by molar-refractivity contribution is -0.142. The van der Waals surface area contributed by atoms with E-state index in [9.17, 15) is 4.79 Å². The third-order valence-electron chi connectivity index (χ3n) is 2.39. The van der Waals surface area contributed by atoms with Crippen molar-refractivity contribution in [2.45, 2.75) is 38.1 Å². The second kappa shape index (κ2) is 3.72. The predicted octanol–water partition coefficient (Wildman–Crippen LogP) is 0.979. The number of rotatable bonds is 1. The van der Waals surface area contributed by atoms with E-state index in [1.165, 1.54) is 0 Å². The summed E-state index contributed by atoms with van der Waals surface area (Å²) in [6.07, 6.45) is 4.88. The Bertz CT molecular complexity index is 147. The summed E-state index contributed by atoms with van der Waals surface area (Å²) >= 11 is 0. The highest BCUT2D eigenvalue weighted by Crippen LogP contribution is 2.21. The van der Waals surface area contributed by atoms with Gasteiger partial charge in [0.1, 0.15) is 0 Å². The van der Waals surface area contributed by atoms with E-state index in [2.05, 4.69) is 0 Å². The molecular weight excluding hydrogens is 142 g/mol. The van der Waals surface area contributed by atoms with Crippen molar-refractivity contribution in [1.29, 1.82) is 0 Å². The maximum atomic E-state index is 10.6. The van der Waals surface area contributed by atoms with Crippen LogP contribution in [0.4, 0.5) is 0 Å². The van der Waals surface area contributed by atoms with E-state index in [4.69, 9.17) is 10.8 Å². The van der Waals surface area contributed by atoms with Crippen LogP contribution in [0.2, 0.25) is 0 Å². The van der Waals surface area contributed by atoms with Gasteiger partial charge in [0.2, 0.25) is 0 Å². The van der Waals surface area contributed by atoms with Crippen LogP contribution in [0, 0.1) is 5.92 Å². The van der Waals surface area contributed by atoms with Crippen LogP contribution in [0.15, 0.2) is 0 Å². The molecule has 1 rings (SSSR count). The lowest BCUT2D eigenvalue weighted by Crippen LogP contribution is -2.34. The number of carbonyl (C=O) groups is 1. The molecular formula is C8H15NO2. The number of carboxylic acids is 1. The molecule has 64 valence electrons. The van der Waals surface area contributed by atoms with Gasteiger partial charge in [0.15, 0.2) is 0 Å². The molecule has 2 atom stereocenters. The smallest absolute Gasteiger partial charge is 0.308 e. The highest BCUT2D eigenvalue weighted by Gasteiger charge is 2.26. The van der Waals surface area contributed by atoms with E-state index < -0.39 is 5.97 Å². The Balaban J connectivity index is 2.52. The molecule has 3 nitrogen and oxygen atoms in total. The molecule has 0 heterocycles. The topological polar surface area (TPSA) is 63.3 Å². The SMILES string of the molecule is N[C@@H]1CCCCC[C@@H]1C(=O)O. The van der Waals surface area contributed by atoms with Gasteiger partial charge in [-0.1, -0.05) is 19.3 Å². The summed E-state index contributed by atoms with van der Waals surface area (Å²) in [5.41, 5.74) is 5.70. The summed E-state index contributed by atoms with van der Waals surface area (Å²) < 4.78 is 0. The fourth-order valence-electron chi connectivity index (χ4n) is 1.64. The number of hydrogen-bond acceptors (Lipinski definition) is 2. The van der Waals surface area contributed by atoms with E-state index >= 15 is 0 Å². The molecule has 0 aromatic heterocycles. The zero-order valence-corrected chi connectivity index (χ0v) is 6.62. The molecule has 0 aromatic rings. The molecule has 0 aliphatic heterocycles. The fraction of sp³-hybridized carbons (Fsp3) is 0.875. The van der Waals surface area contributed by atoms with Gasteiger partial charge in [-0.3, -0.25) is 4.79 Å². The molecule has 0 amide bonds. The van der Waals surface area contributed by atoms with E-state index in [1.807, 2.05) is 0 Å². The Hall–Kier alpha value is -0.570. The maximum Gasteiger partial charge on any atom is 0.308 e. The lowest BCUT2D eigenvalue weighted by Gasteiger charge is -2.15. The van der Waals surface area contributed by atoms with Gasteiger partial charge in [-0.2, -0.15) is 0 Å². The van der Waals surface area contributed by atoms with Gasteiger partial charge in [0.25, 0.3) is 0 Å². The van der Waals surface area contributed by atoms with Gasteiger partial charge in [-0.25, -0.2) is 0 Å². The normalized spacial score (nSPS) is 32.8. The first kappa shape index (κ1) is 8.53. The van der Waals surface area contributed by atoms with Crippen LogP contribution in [-0.2, 0) is 4.79 Å². The van der Waals surface area contributed by atoms with E-state index in [0.29, 0.717) is 0 Å². The first-order valence-electron chi connectivity index (χ1n) is 4.20. The van der Waals surface area contributed by atoms with Gasteiger partial charge in [0, 0.05) is 6.04 Å². The van der Waals surface area contributed by atoms with Crippen LogP contribution in [0.3, 0.4) is 0 Å². The maximum absolute atomic E-state index is 10.6. The minimum Gasteiger partial charge on any atom is -0.481 e. The molecule has 1 fully saturated rings. The summed E-state index contributed by atoms with van der Waals surface area (Å²) in [4.78, 5) is 10.6. The summed E-state index contributed by atoms with van der Waals surface area (Å²) in [7, 11) is 0. The second-order valence-electron chi connectivity index (χ2n) is 3.25. The van der Waals surface area contributed by atoms with Gasteiger partial charge in [-0.15, -0.1) is 0 Å². The summed E-state index contributed by atoms with van der Waals surface area (Å²) in [5, 5.41) is 8.75. The highest BCUT2D eigenvalue weighted by molar-refractivity contribution is 5.70. The number of aliphatic carboxylic acids is 1. The van der Waals surface area contributed by atoms with Crippen LogP contribution in [0.5, 0.6) is 0 Å². The Labute approximate surface area is 66.6 Å². The third kappa shape index (κ3) is 2.19. The van der Waals surface area contributed by atoms with Crippen LogP contribution >= 0.6 is 0 Å². The Morgan fingerprint density at radius 3 is 2.55 bits per heavy atom. The van der Waals surface area contributed by atoms with Crippen molar-refractivity contribution < 1.29 is 9.90 Å². The first-order valence-corrected chi connectivity index (χ1v) is 4.20. The molecule has 0 bridgehead atoms. The van der Waals surface area contributed by atoms with Gasteiger partial charge in [-0.05, 0) is 12.8 Å². The summed E-state index contributed by atoms with van der Waals surface area (Å²) in [6.45, 7) is 0. The van der Waals surface area contributed by atoms with Crippen molar-refractivity contribution in [2.75, 3.05) is 0 Å². The van der Waals surface area contributed by atoms with E-state index in [0.717, 1.165) is 32.1 Å². The lowest BCUT2D eigenvalue weighted by atomic mass is 9.96. The van der Waals surface area contributed by atoms with Gasteiger partial charge in [0.05, 0.1) is 5.92 Å². The quantitative estimate of drug-likeness (QED) is 0.558. The van der Waals surface area contributed by atoms with Crippen molar-refractivity contribution in [3.05, 3.63) is 0 Å². The average molecular weight is 157 g/mol. The molecule has 1 aliphatic rings. The average Bonchev–Trinajstić information content (AvgIpc) is 2.13. The highest BCUT2D eigenvalue weighted by atomic mass is 16.4. The van der Waals surface area contributed by atoms with E-state index in [1.54, 1.807) is 0 Å². The zero-order chi connectivity index (χ0) is 8.27. The van der Waals surface area contributed by atoms with Crippen molar-refractivity contribution in [2.24, 2.45) is 11.7 Å². The molecule has 11 heavy (non-hydrogen) atoms. The molecule has 3 heteroatoms. The van der Waals surface area contributed by atoms with Crippen LogP contribution < -0.4 is 5.73 Å². The molecule has 0 aromatic carbocycles. The number of hydrogen-bond donors (Lipinski definition) is 2. The molecule has 1 saturated carbocycles. The Morgan fingerprint density at radius 1 is 1.27 bits per heavy atom.